The summed E-state index contributed by atoms with van der Waals surface area (Å²) in [6.45, 7) is 6.01. The Labute approximate surface area is 171 Å². The zero-order valence-electron chi connectivity index (χ0n) is 17.1. The lowest BCUT2D eigenvalue weighted by atomic mass is 10.1. The van der Waals surface area contributed by atoms with Crippen molar-refractivity contribution in [3.05, 3.63) is 90.6 Å². The highest BCUT2D eigenvalue weighted by Gasteiger charge is 2.27. The van der Waals surface area contributed by atoms with E-state index in [0.717, 1.165) is 33.7 Å². The molecule has 29 heavy (non-hydrogen) atoms. The van der Waals surface area contributed by atoms with Crippen molar-refractivity contribution in [2.45, 2.75) is 33.0 Å². The predicted octanol–water partition coefficient (Wildman–Crippen LogP) is 6.79. The highest BCUT2D eigenvalue weighted by Crippen LogP contribution is 2.31. The van der Waals surface area contributed by atoms with E-state index < -0.39 is 5.79 Å². The molecule has 1 unspecified atom stereocenters. The number of hydrogen-bond acceptors (Lipinski definition) is 3. The fourth-order valence-corrected chi connectivity index (χ4v) is 3.29. The summed E-state index contributed by atoms with van der Waals surface area (Å²) in [4.78, 5) is 4.67. The Balaban J connectivity index is 1.58. The lowest BCUT2D eigenvalue weighted by molar-refractivity contribution is -0.0990. The lowest BCUT2D eigenvalue weighted by Crippen LogP contribution is -2.38. The summed E-state index contributed by atoms with van der Waals surface area (Å²) >= 11 is 0. The predicted molar refractivity (Wildman–Crippen MR) is 118 cm³/mol. The Hall–Kier alpha value is -3.33. The molecule has 4 aromatic rings. The van der Waals surface area contributed by atoms with E-state index in [9.17, 15) is 0 Å². The summed E-state index contributed by atoms with van der Waals surface area (Å²) in [7, 11) is 0. The van der Waals surface area contributed by atoms with Crippen LogP contribution in [0.4, 0.5) is 0 Å². The molecular weight excluding hydrogens is 358 g/mol. The third kappa shape index (κ3) is 4.24. The largest absolute Gasteiger partial charge is 0.453 e. The van der Waals surface area contributed by atoms with Crippen LogP contribution < -0.4 is 9.47 Å². The molecule has 0 bridgehead atoms. The summed E-state index contributed by atoms with van der Waals surface area (Å²) in [5.74, 6) is 0.711. The first-order chi connectivity index (χ1) is 14.1. The highest BCUT2D eigenvalue weighted by atomic mass is 16.7. The van der Waals surface area contributed by atoms with E-state index in [1.807, 2.05) is 68.4 Å². The molecule has 0 N–H and O–H groups in total. The second-order valence-electron chi connectivity index (χ2n) is 7.36. The summed E-state index contributed by atoms with van der Waals surface area (Å²) in [5.41, 5.74) is 4.16. The number of pyridine rings is 1. The Morgan fingerprint density at radius 2 is 1.48 bits per heavy atom. The van der Waals surface area contributed by atoms with Crippen molar-refractivity contribution in [1.29, 1.82) is 0 Å². The number of fused-ring (bicyclic) bond motifs is 1. The van der Waals surface area contributed by atoms with Crippen LogP contribution in [0.1, 0.15) is 26.0 Å². The van der Waals surface area contributed by atoms with Gasteiger partial charge in [0.2, 0.25) is 5.79 Å². The van der Waals surface area contributed by atoms with Crippen molar-refractivity contribution in [3.63, 3.8) is 0 Å². The minimum Gasteiger partial charge on any atom is -0.453 e. The maximum Gasteiger partial charge on any atom is 0.248 e. The number of nitrogens with zero attached hydrogens (tertiary/aromatic N) is 1. The Kier molecular flexibility index (Phi) is 5.22. The number of benzene rings is 3. The van der Waals surface area contributed by atoms with Gasteiger partial charge in [-0.05, 0) is 42.3 Å². The van der Waals surface area contributed by atoms with Gasteiger partial charge in [0.05, 0.1) is 0 Å². The molecule has 0 saturated carbocycles. The quantitative estimate of drug-likeness (QED) is 0.343. The monoisotopic (exact) mass is 383 g/mol. The van der Waals surface area contributed by atoms with Gasteiger partial charge < -0.3 is 9.47 Å². The zero-order valence-corrected chi connectivity index (χ0v) is 17.1. The number of aryl methyl sites for hydroxylation is 1. The van der Waals surface area contributed by atoms with Gasteiger partial charge in [0.1, 0.15) is 11.3 Å². The Bertz CT molecular complexity index is 1110. The molecule has 0 aliphatic heterocycles. The molecule has 0 saturated heterocycles. The number of rotatable bonds is 6. The molecule has 0 radical (unpaired) electrons. The Morgan fingerprint density at radius 1 is 0.759 bits per heavy atom. The van der Waals surface area contributed by atoms with Gasteiger partial charge in [-0.25, -0.2) is 4.98 Å². The van der Waals surface area contributed by atoms with E-state index in [4.69, 9.17) is 9.47 Å². The van der Waals surface area contributed by atoms with Crippen LogP contribution in [0.25, 0.3) is 22.0 Å². The summed E-state index contributed by atoms with van der Waals surface area (Å²) in [5, 5.41) is 1.05. The number of hydrogen-bond donors (Lipinski definition) is 0. The van der Waals surface area contributed by atoms with E-state index in [1.165, 1.54) is 5.56 Å². The van der Waals surface area contributed by atoms with Crippen molar-refractivity contribution >= 4 is 10.9 Å². The van der Waals surface area contributed by atoms with Crippen molar-refractivity contribution < 1.29 is 9.47 Å². The van der Waals surface area contributed by atoms with Gasteiger partial charge in [-0.1, -0.05) is 67.6 Å². The molecule has 0 amide bonds. The number of para-hydroxylation sites is 1. The highest BCUT2D eigenvalue weighted by molar-refractivity contribution is 5.84. The normalized spacial score (nSPS) is 13.1. The van der Waals surface area contributed by atoms with Crippen LogP contribution in [0.2, 0.25) is 0 Å². The minimum absolute atomic E-state index is 0.690. The molecule has 1 atom stereocenters. The first-order valence-corrected chi connectivity index (χ1v) is 9.96. The summed E-state index contributed by atoms with van der Waals surface area (Å²) in [6, 6.07) is 28.5. The van der Waals surface area contributed by atoms with Gasteiger partial charge in [-0.3, -0.25) is 0 Å². The van der Waals surface area contributed by atoms with E-state index in [0.29, 0.717) is 6.42 Å². The molecule has 0 aliphatic carbocycles. The maximum absolute atomic E-state index is 6.35. The molecule has 3 aromatic carbocycles. The van der Waals surface area contributed by atoms with Crippen LogP contribution >= 0.6 is 0 Å². The van der Waals surface area contributed by atoms with E-state index in [2.05, 4.69) is 42.2 Å². The fourth-order valence-electron chi connectivity index (χ4n) is 3.29. The smallest absolute Gasteiger partial charge is 0.248 e. The maximum atomic E-state index is 6.35. The van der Waals surface area contributed by atoms with Crippen molar-refractivity contribution in [1.82, 2.24) is 4.98 Å². The lowest BCUT2D eigenvalue weighted by Gasteiger charge is -2.30. The molecule has 3 nitrogen and oxygen atoms in total. The van der Waals surface area contributed by atoms with Gasteiger partial charge in [0, 0.05) is 24.4 Å². The van der Waals surface area contributed by atoms with Crippen LogP contribution in [0, 0.1) is 6.92 Å². The van der Waals surface area contributed by atoms with E-state index in [1.54, 1.807) is 0 Å². The standard InChI is InChI=1S/C26H25NO2/c1-4-26(3,29-24-12-8-11-22-14-13-19(2)27-25(22)24)28-23-17-15-21(16-18-23)20-9-6-5-7-10-20/h5-18H,4H2,1-3H3. The van der Waals surface area contributed by atoms with Gasteiger partial charge in [-0.15, -0.1) is 0 Å². The summed E-state index contributed by atoms with van der Waals surface area (Å²) < 4.78 is 12.6. The first kappa shape index (κ1) is 19.0. The third-order valence-electron chi connectivity index (χ3n) is 5.09. The average molecular weight is 383 g/mol. The topological polar surface area (TPSA) is 31.4 Å². The van der Waals surface area contributed by atoms with Crippen molar-refractivity contribution in [2.24, 2.45) is 0 Å². The second-order valence-corrected chi connectivity index (χ2v) is 7.36. The van der Waals surface area contributed by atoms with E-state index in [-0.39, 0.29) is 0 Å². The number of aromatic nitrogens is 1. The fraction of sp³-hybridized carbons (Fsp3) is 0.192. The molecule has 146 valence electrons. The molecule has 3 heteroatoms. The molecule has 1 aromatic heterocycles. The van der Waals surface area contributed by atoms with Crippen LogP contribution in [0.3, 0.4) is 0 Å². The zero-order chi connectivity index (χ0) is 20.3. The van der Waals surface area contributed by atoms with Crippen LogP contribution in [0.5, 0.6) is 11.5 Å². The minimum atomic E-state index is -0.798. The van der Waals surface area contributed by atoms with Crippen molar-refractivity contribution in [3.8, 4) is 22.6 Å². The molecule has 4 rings (SSSR count). The van der Waals surface area contributed by atoms with Crippen LogP contribution in [-0.2, 0) is 0 Å². The van der Waals surface area contributed by atoms with Gasteiger partial charge in [0.15, 0.2) is 5.75 Å². The molecule has 1 heterocycles. The number of ether oxygens (including phenoxy) is 2. The Morgan fingerprint density at radius 3 is 2.21 bits per heavy atom. The first-order valence-electron chi connectivity index (χ1n) is 9.96. The second kappa shape index (κ2) is 7.96. The van der Waals surface area contributed by atoms with Gasteiger partial charge in [-0.2, -0.15) is 0 Å². The van der Waals surface area contributed by atoms with Crippen LogP contribution in [0.15, 0.2) is 84.9 Å². The molecule has 0 aliphatic rings. The third-order valence-corrected chi connectivity index (χ3v) is 5.09. The average Bonchev–Trinajstić information content (AvgIpc) is 2.75. The summed E-state index contributed by atoms with van der Waals surface area (Å²) in [6.07, 6.45) is 0.690. The van der Waals surface area contributed by atoms with E-state index >= 15 is 0 Å². The molecule has 0 spiro atoms. The van der Waals surface area contributed by atoms with Crippen molar-refractivity contribution in [2.75, 3.05) is 0 Å². The molecule has 0 fully saturated rings. The molecular formula is C26H25NO2. The van der Waals surface area contributed by atoms with Gasteiger partial charge >= 0.3 is 0 Å². The van der Waals surface area contributed by atoms with Gasteiger partial charge in [0.25, 0.3) is 0 Å². The SMILES string of the molecule is CCC(C)(Oc1ccc(-c2ccccc2)cc1)Oc1cccc2ccc(C)nc12. The van der Waals surface area contributed by atoms with Crippen LogP contribution in [-0.4, -0.2) is 10.8 Å².